The van der Waals surface area contributed by atoms with Crippen molar-refractivity contribution in [1.82, 2.24) is 5.16 Å². The quantitative estimate of drug-likeness (QED) is 0.850. The molecule has 0 atom stereocenters. The Morgan fingerprint density at radius 2 is 2.13 bits per heavy atom. The van der Waals surface area contributed by atoms with E-state index in [1.165, 1.54) is 5.56 Å². The van der Waals surface area contributed by atoms with E-state index in [0.717, 1.165) is 5.56 Å². The van der Waals surface area contributed by atoms with Crippen molar-refractivity contribution in [3.8, 4) is 0 Å². The van der Waals surface area contributed by atoms with Crippen molar-refractivity contribution in [3.05, 3.63) is 46.3 Å². The van der Waals surface area contributed by atoms with Gasteiger partial charge < -0.3 is 10.3 Å². The van der Waals surface area contributed by atoms with Crippen LogP contribution < -0.4 is 5.73 Å². The van der Waals surface area contributed by atoms with Gasteiger partial charge in [0.05, 0.1) is 0 Å². The van der Waals surface area contributed by atoms with Crippen LogP contribution in [0.4, 0.5) is 5.69 Å². The first-order chi connectivity index (χ1) is 7.18. The van der Waals surface area contributed by atoms with Crippen LogP contribution in [-0.4, -0.2) is 5.16 Å². The van der Waals surface area contributed by atoms with E-state index in [4.69, 9.17) is 21.9 Å². The highest BCUT2D eigenvalue weighted by molar-refractivity contribution is 6.31. The lowest BCUT2D eigenvalue weighted by Gasteiger charge is -2.02. The number of nitrogens with two attached hydrogens (primary N) is 1. The molecule has 0 radical (unpaired) electrons. The molecule has 3 nitrogen and oxygen atoms in total. The van der Waals surface area contributed by atoms with Crippen molar-refractivity contribution in [1.29, 1.82) is 0 Å². The molecule has 2 aromatic rings. The van der Waals surface area contributed by atoms with E-state index < -0.39 is 0 Å². The van der Waals surface area contributed by atoms with Crippen LogP contribution in [0.3, 0.4) is 0 Å². The molecule has 78 valence electrons. The fourth-order valence-corrected chi connectivity index (χ4v) is 1.56. The van der Waals surface area contributed by atoms with Gasteiger partial charge in [-0.2, -0.15) is 0 Å². The van der Waals surface area contributed by atoms with E-state index in [1.807, 2.05) is 31.2 Å². The summed E-state index contributed by atoms with van der Waals surface area (Å²) >= 11 is 5.71. The topological polar surface area (TPSA) is 52.0 Å². The predicted octanol–water partition coefficient (Wildman–Crippen LogP) is 2.81. The van der Waals surface area contributed by atoms with Crippen molar-refractivity contribution < 1.29 is 4.52 Å². The molecule has 0 aliphatic heterocycles. The van der Waals surface area contributed by atoms with Crippen LogP contribution >= 0.6 is 11.6 Å². The molecule has 0 spiro atoms. The molecule has 0 saturated carbocycles. The number of aryl methyl sites for hydroxylation is 1. The minimum absolute atomic E-state index is 0.235. The van der Waals surface area contributed by atoms with Gasteiger partial charge in [-0.3, -0.25) is 0 Å². The van der Waals surface area contributed by atoms with Crippen LogP contribution in [0, 0.1) is 6.92 Å². The monoisotopic (exact) mass is 222 g/mol. The standard InChI is InChI=1S/C11H11ClN2O/c1-7-4-2-3-5-8(7)6-9-10(13)11(12)14-15-9/h2-5H,6,13H2,1H3. The molecule has 2 N–H and O–H groups in total. The minimum Gasteiger partial charge on any atom is -0.393 e. The lowest BCUT2D eigenvalue weighted by atomic mass is 10.0. The molecule has 0 unspecified atom stereocenters. The first-order valence-corrected chi connectivity index (χ1v) is 5.00. The zero-order valence-electron chi connectivity index (χ0n) is 8.33. The molecule has 15 heavy (non-hydrogen) atoms. The predicted molar refractivity (Wildman–Crippen MR) is 59.9 cm³/mol. The maximum Gasteiger partial charge on any atom is 0.195 e. The van der Waals surface area contributed by atoms with Gasteiger partial charge in [0.15, 0.2) is 10.9 Å². The first kappa shape index (κ1) is 10.1. The zero-order valence-corrected chi connectivity index (χ0v) is 9.08. The summed E-state index contributed by atoms with van der Waals surface area (Å²) in [7, 11) is 0. The molecule has 0 bridgehead atoms. The van der Waals surface area contributed by atoms with Crippen LogP contribution in [0.1, 0.15) is 16.9 Å². The number of hydrogen-bond acceptors (Lipinski definition) is 3. The first-order valence-electron chi connectivity index (χ1n) is 4.62. The second-order valence-corrected chi connectivity index (χ2v) is 3.77. The van der Waals surface area contributed by atoms with Crippen molar-refractivity contribution in [2.75, 3.05) is 5.73 Å². The van der Waals surface area contributed by atoms with Gasteiger partial charge in [0.2, 0.25) is 0 Å². The summed E-state index contributed by atoms with van der Waals surface area (Å²) in [6.45, 7) is 2.05. The normalized spacial score (nSPS) is 10.5. The van der Waals surface area contributed by atoms with Crippen molar-refractivity contribution in [3.63, 3.8) is 0 Å². The smallest absolute Gasteiger partial charge is 0.195 e. The third-order valence-electron chi connectivity index (χ3n) is 2.37. The molecule has 2 rings (SSSR count). The Balaban J connectivity index is 2.30. The summed E-state index contributed by atoms with van der Waals surface area (Å²) in [6.07, 6.45) is 0.623. The number of rotatable bonds is 2. The van der Waals surface area contributed by atoms with Crippen LogP contribution in [0.15, 0.2) is 28.8 Å². The Morgan fingerprint density at radius 1 is 1.40 bits per heavy atom. The van der Waals surface area contributed by atoms with Crippen molar-refractivity contribution >= 4 is 17.3 Å². The third-order valence-corrected chi connectivity index (χ3v) is 2.64. The summed E-state index contributed by atoms with van der Waals surface area (Å²) in [4.78, 5) is 0. The molecular formula is C11H11ClN2O. The van der Waals surface area contributed by atoms with Gasteiger partial charge in [-0.1, -0.05) is 41.0 Å². The largest absolute Gasteiger partial charge is 0.393 e. The van der Waals surface area contributed by atoms with Gasteiger partial charge in [0.1, 0.15) is 5.69 Å². The van der Waals surface area contributed by atoms with Gasteiger partial charge in [0.25, 0.3) is 0 Å². The molecule has 0 fully saturated rings. The molecular weight excluding hydrogens is 212 g/mol. The maximum absolute atomic E-state index is 5.71. The average Bonchev–Trinajstić information content (AvgIpc) is 2.53. The highest BCUT2D eigenvalue weighted by atomic mass is 35.5. The summed E-state index contributed by atoms with van der Waals surface area (Å²) in [5, 5.41) is 3.84. The highest BCUT2D eigenvalue weighted by Gasteiger charge is 2.12. The van der Waals surface area contributed by atoms with Crippen LogP contribution in [0.2, 0.25) is 5.15 Å². The fourth-order valence-electron chi connectivity index (χ4n) is 1.42. The lowest BCUT2D eigenvalue weighted by Crippen LogP contribution is -1.94. The Labute approximate surface area is 92.8 Å². The second kappa shape index (κ2) is 3.95. The van der Waals surface area contributed by atoms with Crippen molar-refractivity contribution in [2.45, 2.75) is 13.3 Å². The van der Waals surface area contributed by atoms with Crippen LogP contribution in [0.25, 0.3) is 0 Å². The molecule has 1 aromatic carbocycles. The molecule has 0 amide bonds. The molecule has 1 aromatic heterocycles. The highest BCUT2D eigenvalue weighted by Crippen LogP contribution is 2.24. The Kier molecular flexibility index (Phi) is 2.64. The number of halogens is 1. The fraction of sp³-hybridized carbons (Fsp3) is 0.182. The molecule has 4 heteroatoms. The summed E-state index contributed by atoms with van der Waals surface area (Å²) in [5.74, 6) is 0.620. The summed E-state index contributed by atoms with van der Waals surface area (Å²) < 4.78 is 5.05. The van der Waals surface area contributed by atoms with E-state index in [9.17, 15) is 0 Å². The SMILES string of the molecule is Cc1ccccc1Cc1onc(Cl)c1N. The zero-order chi connectivity index (χ0) is 10.8. The van der Waals surface area contributed by atoms with Crippen molar-refractivity contribution in [2.24, 2.45) is 0 Å². The number of benzene rings is 1. The van der Waals surface area contributed by atoms with Gasteiger partial charge in [0, 0.05) is 6.42 Å². The molecule has 1 heterocycles. The van der Waals surface area contributed by atoms with Gasteiger partial charge >= 0.3 is 0 Å². The number of aromatic nitrogens is 1. The summed E-state index contributed by atoms with van der Waals surface area (Å²) in [6, 6.07) is 8.06. The van der Waals surface area contributed by atoms with E-state index in [1.54, 1.807) is 0 Å². The number of nitrogens with zero attached hydrogens (tertiary/aromatic N) is 1. The van der Waals surface area contributed by atoms with Gasteiger partial charge in [-0.25, -0.2) is 0 Å². The van der Waals surface area contributed by atoms with Gasteiger partial charge in [-0.05, 0) is 18.1 Å². The van der Waals surface area contributed by atoms with Crippen LogP contribution in [0.5, 0.6) is 0 Å². The third kappa shape index (κ3) is 1.97. The minimum atomic E-state index is 0.235. The van der Waals surface area contributed by atoms with Crippen LogP contribution in [-0.2, 0) is 6.42 Å². The van der Waals surface area contributed by atoms with Gasteiger partial charge in [-0.15, -0.1) is 0 Å². The molecule has 0 saturated heterocycles. The van der Waals surface area contributed by atoms with E-state index in [-0.39, 0.29) is 5.15 Å². The molecule has 0 aliphatic rings. The molecule has 0 aliphatic carbocycles. The number of anilines is 1. The Morgan fingerprint density at radius 3 is 2.73 bits per heavy atom. The number of nitrogen functional groups attached to an aromatic ring is 1. The lowest BCUT2D eigenvalue weighted by molar-refractivity contribution is 0.390. The second-order valence-electron chi connectivity index (χ2n) is 3.41. The van der Waals surface area contributed by atoms with E-state index >= 15 is 0 Å². The summed E-state index contributed by atoms with van der Waals surface area (Å²) in [5.41, 5.74) is 8.51. The maximum atomic E-state index is 5.71. The Bertz CT molecular complexity index is 479. The number of hydrogen-bond donors (Lipinski definition) is 1. The Hall–Kier alpha value is -1.48. The van der Waals surface area contributed by atoms with E-state index in [2.05, 4.69) is 5.16 Å². The average molecular weight is 223 g/mol. The van der Waals surface area contributed by atoms with E-state index in [0.29, 0.717) is 17.9 Å².